The molecule has 0 bridgehead atoms. The number of hydrogen-bond donors (Lipinski definition) is 1. The third-order valence-corrected chi connectivity index (χ3v) is 3.13. The zero-order chi connectivity index (χ0) is 13.2. The van der Waals surface area contributed by atoms with E-state index in [9.17, 15) is 8.78 Å². The minimum Gasteiger partial charge on any atom is -0.435 e. The topological polar surface area (TPSA) is 21.3 Å². The lowest BCUT2D eigenvalue weighted by Crippen LogP contribution is -2.14. The van der Waals surface area contributed by atoms with Crippen LogP contribution < -0.4 is 10.1 Å². The molecule has 0 aromatic heterocycles. The van der Waals surface area contributed by atoms with Gasteiger partial charge in [-0.25, -0.2) is 0 Å². The molecule has 0 fully saturated rings. The van der Waals surface area contributed by atoms with Crippen LogP contribution in [0.25, 0.3) is 0 Å². The van der Waals surface area contributed by atoms with Crippen LogP contribution in [0.15, 0.2) is 24.3 Å². The van der Waals surface area contributed by atoms with Crippen molar-refractivity contribution in [1.82, 2.24) is 5.32 Å². The molecule has 102 valence electrons. The molecule has 2 nitrogen and oxygen atoms in total. The third kappa shape index (κ3) is 6.81. The van der Waals surface area contributed by atoms with E-state index >= 15 is 0 Å². The van der Waals surface area contributed by atoms with E-state index in [1.54, 1.807) is 24.3 Å². The SMILES string of the molecule is CSCCCCNCc1ccc(OC(F)F)cc1. The maximum Gasteiger partial charge on any atom is 0.387 e. The van der Waals surface area contributed by atoms with Crippen LogP contribution in [0.4, 0.5) is 8.78 Å². The molecule has 0 saturated heterocycles. The summed E-state index contributed by atoms with van der Waals surface area (Å²) in [5.74, 6) is 1.40. The van der Waals surface area contributed by atoms with Crippen molar-refractivity contribution in [2.45, 2.75) is 26.0 Å². The molecule has 5 heteroatoms. The number of alkyl halides is 2. The summed E-state index contributed by atoms with van der Waals surface area (Å²) in [5, 5.41) is 3.32. The number of ether oxygens (including phenoxy) is 1. The van der Waals surface area contributed by atoms with E-state index in [-0.39, 0.29) is 5.75 Å². The summed E-state index contributed by atoms with van der Waals surface area (Å²) in [4.78, 5) is 0. The Balaban J connectivity index is 2.18. The number of unbranched alkanes of at least 4 members (excludes halogenated alkanes) is 1. The molecule has 0 aliphatic carbocycles. The van der Waals surface area contributed by atoms with E-state index in [0.717, 1.165) is 25.1 Å². The summed E-state index contributed by atoms with van der Waals surface area (Å²) >= 11 is 1.86. The highest BCUT2D eigenvalue weighted by atomic mass is 32.2. The Morgan fingerprint density at radius 1 is 1.22 bits per heavy atom. The van der Waals surface area contributed by atoms with E-state index in [1.807, 2.05) is 11.8 Å². The van der Waals surface area contributed by atoms with Crippen LogP contribution in [0.3, 0.4) is 0 Å². The second kappa shape index (κ2) is 9.16. The summed E-state index contributed by atoms with van der Waals surface area (Å²) in [5.41, 5.74) is 1.07. The number of thioether (sulfide) groups is 1. The molecule has 0 heterocycles. The number of hydrogen-bond acceptors (Lipinski definition) is 3. The van der Waals surface area contributed by atoms with E-state index < -0.39 is 6.61 Å². The highest BCUT2D eigenvalue weighted by Crippen LogP contribution is 2.14. The van der Waals surface area contributed by atoms with Gasteiger partial charge in [0.1, 0.15) is 5.75 Å². The number of rotatable bonds is 9. The van der Waals surface area contributed by atoms with Crippen molar-refractivity contribution in [1.29, 1.82) is 0 Å². The van der Waals surface area contributed by atoms with Crippen molar-refractivity contribution in [3.05, 3.63) is 29.8 Å². The average molecular weight is 275 g/mol. The summed E-state index contributed by atoms with van der Waals surface area (Å²) in [6, 6.07) is 6.73. The molecule has 1 aromatic rings. The summed E-state index contributed by atoms with van der Waals surface area (Å²) in [7, 11) is 0. The van der Waals surface area contributed by atoms with Crippen LogP contribution in [-0.4, -0.2) is 25.2 Å². The molecule has 0 aliphatic heterocycles. The first-order chi connectivity index (χ1) is 8.72. The Morgan fingerprint density at radius 2 is 1.94 bits per heavy atom. The van der Waals surface area contributed by atoms with Crippen molar-refractivity contribution in [2.75, 3.05) is 18.6 Å². The van der Waals surface area contributed by atoms with Crippen LogP contribution in [0.5, 0.6) is 5.75 Å². The van der Waals surface area contributed by atoms with E-state index in [4.69, 9.17) is 0 Å². The van der Waals surface area contributed by atoms with Crippen molar-refractivity contribution < 1.29 is 13.5 Å². The molecular weight excluding hydrogens is 256 g/mol. The minimum absolute atomic E-state index is 0.203. The molecule has 18 heavy (non-hydrogen) atoms. The van der Waals surface area contributed by atoms with Crippen molar-refractivity contribution >= 4 is 11.8 Å². The lowest BCUT2D eigenvalue weighted by Gasteiger charge is -2.07. The van der Waals surface area contributed by atoms with Crippen molar-refractivity contribution in [3.63, 3.8) is 0 Å². The quantitative estimate of drug-likeness (QED) is 0.697. The molecule has 0 amide bonds. The third-order valence-electron chi connectivity index (χ3n) is 2.43. The van der Waals surface area contributed by atoms with Crippen LogP contribution in [0, 0.1) is 0 Å². The Hall–Kier alpha value is -0.810. The highest BCUT2D eigenvalue weighted by Gasteiger charge is 2.03. The molecule has 0 spiro atoms. The first kappa shape index (κ1) is 15.2. The van der Waals surface area contributed by atoms with Crippen LogP contribution in [-0.2, 0) is 6.54 Å². The van der Waals surface area contributed by atoms with E-state index in [2.05, 4.69) is 16.3 Å². The number of nitrogens with one attached hydrogen (secondary N) is 1. The van der Waals surface area contributed by atoms with Gasteiger partial charge in [0.05, 0.1) is 0 Å². The Labute approximate surface area is 111 Å². The smallest absolute Gasteiger partial charge is 0.387 e. The molecule has 0 radical (unpaired) electrons. The zero-order valence-electron chi connectivity index (χ0n) is 10.5. The molecular formula is C13H19F2NOS. The fourth-order valence-electron chi connectivity index (χ4n) is 1.52. The second-order valence-corrected chi connectivity index (χ2v) is 4.88. The fraction of sp³-hybridized carbons (Fsp3) is 0.538. The molecule has 0 aliphatic rings. The molecule has 1 N–H and O–H groups in total. The van der Waals surface area contributed by atoms with Gasteiger partial charge in [-0.1, -0.05) is 12.1 Å². The van der Waals surface area contributed by atoms with Crippen molar-refractivity contribution in [2.24, 2.45) is 0 Å². The van der Waals surface area contributed by atoms with Crippen LogP contribution >= 0.6 is 11.8 Å². The maximum absolute atomic E-state index is 11.9. The van der Waals surface area contributed by atoms with E-state index in [1.165, 1.54) is 12.2 Å². The lowest BCUT2D eigenvalue weighted by molar-refractivity contribution is -0.0498. The Morgan fingerprint density at radius 3 is 2.56 bits per heavy atom. The van der Waals surface area contributed by atoms with Gasteiger partial charge in [-0.15, -0.1) is 0 Å². The first-order valence-electron chi connectivity index (χ1n) is 5.96. The van der Waals surface area contributed by atoms with Gasteiger partial charge in [-0.2, -0.15) is 20.5 Å². The van der Waals surface area contributed by atoms with E-state index in [0.29, 0.717) is 0 Å². The van der Waals surface area contributed by atoms with Gasteiger partial charge in [0.2, 0.25) is 0 Å². The second-order valence-electron chi connectivity index (χ2n) is 3.90. The highest BCUT2D eigenvalue weighted by molar-refractivity contribution is 7.98. The van der Waals surface area contributed by atoms with Gasteiger partial charge in [-0.3, -0.25) is 0 Å². The largest absolute Gasteiger partial charge is 0.435 e. The Bertz CT molecular complexity index is 319. The lowest BCUT2D eigenvalue weighted by atomic mass is 10.2. The molecule has 1 aromatic carbocycles. The van der Waals surface area contributed by atoms with Crippen molar-refractivity contribution in [3.8, 4) is 5.75 Å². The standard InChI is InChI=1S/C13H19F2NOS/c1-18-9-3-2-8-16-10-11-4-6-12(7-5-11)17-13(14)15/h4-7,13,16H,2-3,8-10H2,1H3. The first-order valence-corrected chi connectivity index (χ1v) is 7.35. The molecule has 1 rings (SSSR count). The monoisotopic (exact) mass is 275 g/mol. The van der Waals surface area contributed by atoms with Gasteiger partial charge in [0.15, 0.2) is 0 Å². The predicted molar refractivity (Wildman–Crippen MR) is 72.4 cm³/mol. The summed E-state index contributed by atoms with van der Waals surface area (Å²) in [6.45, 7) is -1.02. The average Bonchev–Trinajstić information content (AvgIpc) is 2.35. The van der Waals surface area contributed by atoms with Gasteiger partial charge >= 0.3 is 6.61 Å². The van der Waals surface area contributed by atoms with Gasteiger partial charge < -0.3 is 10.1 Å². The van der Waals surface area contributed by atoms with Gasteiger partial charge in [0, 0.05) is 6.54 Å². The summed E-state index contributed by atoms with van der Waals surface area (Å²) < 4.78 is 28.2. The minimum atomic E-state index is -2.76. The molecule has 0 atom stereocenters. The molecule has 0 unspecified atom stereocenters. The van der Waals surface area contributed by atoms with Gasteiger partial charge in [0.25, 0.3) is 0 Å². The van der Waals surface area contributed by atoms with Crippen LogP contribution in [0.2, 0.25) is 0 Å². The van der Waals surface area contributed by atoms with Gasteiger partial charge in [-0.05, 0) is 49.1 Å². The number of halogens is 2. The zero-order valence-corrected chi connectivity index (χ0v) is 11.3. The Kier molecular flexibility index (Phi) is 7.76. The molecule has 0 saturated carbocycles. The normalized spacial score (nSPS) is 10.9. The number of benzene rings is 1. The maximum atomic E-state index is 11.9. The predicted octanol–water partition coefficient (Wildman–Crippen LogP) is 3.52. The van der Waals surface area contributed by atoms with Crippen LogP contribution in [0.1, 0.15) is 18.4 Å². The summed E-state index contributed by atoms with van der Waals surface area (Å²) in [6.07, 6.45) is 4.49. The fourth-order valence-corrected chi connectivity index (χ4v) is 2.01.